The minimum Gasteiger partial charge on any atom is -0.341 e. The number of hydrogen-bond donors (Lipinski definition) is 1. The number of benzene rings is 1. The minimum absolute atomic E-state index is 0.0534. The van der Waals surface area contributed by atoms with E-state index in [1.54, 1.807) is 42.3 Å². The van der Waals surface area contributed by atoms with Gasteiger partial charge in [-0.15, -0.1) is 0 Å². The summed E-state index contributed by atoms with van der Waals surface area (Å²) in [5.74, 6) is 0.600. The van der Waals surface area contributed by atoms with Crippen LogP contribution in [-0.2, 0) is 16.1 Å². The van der Waals surface area contributed by atoms with Gasteiger partial charge in [-0.05, 0) is 60.0 Å². The van der Waals surface area contributed by atoms with E-state index in [9.17, 15) is 14.4 Å². The molecule has 2 aromatic heterocycles. The maximum absolute atomic E-state index is 12.8. The van der Waals surface area contributed by atoms with Gasteiger partial charge in [0, 0.05) is 29.7 Å². The first-order valence-corrected chi connectivity index (χ1v) is 10.9. The summed E-state index contributed by atoms with van der Waals surface area (Å²) in [4.78, 5) is 48.5. The van der Waals surface area contributed by atoms with Crippen molar-refractivity contribution in [2.24, 2.45) is 5.92 Å². The third-order valence-corrected chi connectivity index (χ3v) is 6.01. The summed E-state index contributed by atoms with van der Waals surface area (Å²) < 4.78 is 2.26. The number of likely N-dealkylation sites (tertiary alicyclic amines) is 1. The average Bonchev–Trinajstić information content (AvgIpc) is 2.78. The van der Waals surface area contributed by atoms with Crippen molar-refractivity contribution in [2.45, 2.75) is 26.3 Å². The van der Waals surface area contributed by atoms with Crippen LogP contribution in [0.5, 0.6) is 0 Å². The lowest BCUT2D eigenvalue weighted by Crippen LogP contribution is -2.44. The molecule has 31 heavy (non-hydrogen) atoms. The van der Waals surface area contributed by atoms with Crippen molar-refractivity contribution in [1.29, 1.82) is 0 Å². The van der Waals surface area contributed by atoms with Gasteiger partial charge < -0.3 is 10.2 Å². The normalized spacial score (nSPS) is 14.6. The highest BCUT2D eigenvalue weighted by molar-refractivity contribution is 9.10. The number of hydrogen-bond acceptors (Lipinski definition) is 5. The maximum atomic E-state index is 12.8. The summed E-state index contributed by atoms with van der Waals surface area (Å²) in [6.07, 6.45) is 2.76. The number of pyridine rings is 1. The van der Waals surface area contributed by atoms with Gasteiger partial charge in [-0.25, -0.2) is 9.97 Å². The Labute approximate surface area is 187 Å². The SMILES string of the molecule is Cc1nc2ccccc2c(=O)n1CC(=O)N1CCC(C(=O)Nc2ccc(Br)cn2)CC1. The molecule has 2 amide bonds. The number of carbonyl (C=O) groups excluding carboxylic acids is 2. The summed E-state index contributed by atoms with van der Waals surface area (Å²) in [5, 5.41) is 3.32. The molecular weight excluding hydrogens is 462 g/mol. The quantitative estimate of drug-likeness (QED) is 0.615. The maximum Gasteiger partial charge on any atom is 0.261 e. The second-order valence-electron chi connectivity index (χ2n) is 7.57. The van der Waals surface area contributed by atoms with Gasteiger partial charge in [0.05, 0.1) is 10.9 Å². The van der Waals surface area contributed by atoms with Crippen LogP contribution in [-0.4, -0.2) is 44.3 Å². The van der Waals surface area contributed by atoms with E-state index in [1.807, 2.05) is 12.1 Å². The van der Waals surface area contributed by atoms with Gasteiger partial charge in [0.2, 0.25) is 11.8 Å². The number of fused-ring (bicyclic) bond motifs is 1. The molecule has 9 heteroatoms. The summed E-state index contributed by atoms with van der Waals surface area (Å²) >= 11 is 3.31. The van der Waals surface area contributed by atoms with Crippen molar-refractivity contribution in [2.75, 3.05) is 18.4 Å². The first-order valence-electron chi connectivity index (χ1n) is 10.1. The topological polar surface area (TPSA) is 97.2 Å². The zero-order valence-corrected chi connectivity index (χ0v) is 18.6. The van der Waals surface area contributed by atoms with Crippen molar-refractivity contribution in [3.63, 3.8) is 0 Å². The largest absolute Gasteiger partial charge is 0.341 e. The monoisotopic (exact) mass is 483 g/mol. The summed E-state index contributed by atoms with van der Waals surface area (Å²) in [6, 6.07) is 10.7. The molecule has 0 spiro atoms. The van der Waals surface area contributed by atoms with Gasteiger partial charge in [-0.1, -0.05) is 12.1 Å². The van der Waals surface area contributed by atoms with Crippen LogP contribution in [0.15, 0.2) is 51.9 Å². The molecule has 8 nitrogen and oxygen atoms in total. The van der Waals surface area contributed by atoms with Gasteiger partial charge in [0.1, 0.15) is 18.2 Å². The molecule has 0 unspecified atom stereocenters. The van der Waals surface area contributed by atoms with E-state index in [2.05, 4.69) is 31.2 Å². The number of anilines is 1. The van der Waals surface area contributed by atoms with E-state index in [1.165, 1.54) is 4.57 Å². The molecule has 0 bridgehead atoms. The van der Waals surface area contributed by atoms with Gasteiger partial charge in [0.15, 0.2) is 0 Å². The van der Waals surface area contributed by atoms with Gasteiger partial charge >= 0.3 is 0 Å². The zero-order chi connectivity index (χ0) is 22.0. The fourth-order valence-corrected chi connectivity index (χ4v) is 4.00. The van der Waals surface area contributed by atoms with Crippen molar-refractivity contribution in [1.82, 2.24) is 19.4 Å². The predicted octanol–water partition coefficient (Wildman–Crippen LogP) is 2.74. The molecule has 4 rings (SSSR count). The minimum atomic E-state index is -0.215. The third kappa shape index (κ3) is 4.66. The Morgan fingerprint density at radius 1 is 1.16 bits per heavy atom. The highest BCUT2D eigenvalue weighted by Crippen LogP contribution is 2.20. The fourth-order valence-electron chi connectivity index (χ4n) is 3.77. The van der Waals surface area contributed by atoms with E-state index in [0.29, 0.717) is 48.5 Å². The van der Waals surface area contributed by atoms with E-state index in [-0.39, 0.29) is 29.8 Å². The molecule has 0 atom stereocenters. The van der Waals surface area contributed by atoms with Gasteiger partial charge in [-0.3, -0.25) is 19.0 Å². The highest BCUT2D eigenvalue weighted by Gasteiger charge is 2.28. The molecule has 0 saturated carbocycles. The zero-order valence-electron chi connectivity index (χ0n) is 17.0. The van der Waals surface area contributed by atoms with Crippen LogP contribution in [0.25, 0.3) is 10.9 Å². The molecule has 160 valence electrons. The Morgan fingerprint density at radius 3 is 2.61 bits per heavy atom. The van der Waals surface area contributed by atoms with Crippen LogP contribution in [0.1, 0.15) is 18.7 Å². The number of piperidine rings is 1. The van der Waals surface area contributed by atoms with Crippen LogP contribution in [0.2, 0.25) is 0 Å². The van der Waals surface area contributed by atoms with Crippen molar-refractivity contribution in [3.8, 4) is 0 Å². The molecule has 1 aliphatic rings. The van der Waals surface area contributed by atoms with Crippen molar-refractivity contribution in [3.05, 3.63) is 63.2 Å². The number of carbonyl (C=O) groups is 2. The third-order valence-electron chi connectivity index (χ3n) is 5.54. The molecule has 3 heterocycles. The molecule has 1 saturated heterocycles. The lowest BCUT2D eigenvalue weighted by atomic mass is 9.96. The lowest BCUT2D eigenvalue weighted by Gasteiger charge is -2.31. The molecule has 1 aromatic carbocycles. The molecule has 1 fully saturated rings. The summed E-state index contributed by atoms with van der Waals surface area (Å²) in [5.41, 5.74) is 0.411. The Balaban J connectivity index is 1.37. The number of nitrogens with zero attached hydrogens (tertiary/aromatic N) is 4. The standard InChI is InChI=1S/C22H22BrN5O3/c1-14-25-18-5-3-2-4-17(18)22(31)28(14)13-20(29)27-10-8-15(9-11-27)21(30)26-19-7-6-16(23)12-24-19/h2-7,12,15H,8-11,13H2,1H3,(H,24,26,30). The lowest BCUT2D eigenvalue weighted by molar-refractivity contribution is -0.135. The average molecular weight is 484 g/mol. The second kappa shape index (κ2) is 8.97. The van der Waals surface area contributed by atoms with E-state index in [0.717, 1.165) is 4.47 Å². The molecule has 0 aliphatic carbocycles. The van der Waals surface area contributed by atoms with Crippen LogP contribution in [0, 0.1) is 12.8 Å². The smallest absolute Gasteiger partial charge is 0.261 e. The van der Waals surface area contributed by atoms with E-state index >= 15 is 0 Å². The first kappa shape index (κ1) is 21.2. The number of amides is 2. The molecular formula is C22H22BrN5O3. The molecule has 0 radical (unpaired) electrons. The van der Waals surface area contributed by atoms with Crippen LogP contribution in [0.4, 0.5) is 5.82 Å². The van der Waals surface area contributed by atoms with Crippen LogP contribution in [0.3, 0.4) is 0 Å². The van der Waals surface area contributed by atoms with Gasteiger partial charge in [-0.2, -0.15) is 0 Å². The number of halogens is 1. The van der Waals surface area contributed by atoms with Crippen LogP contribution >= 0.6 is 15.9 Å². The first-order chi connectivity index (χ1) is 14.9. The number of aryl methyl sites for hydroxylation is 1. The number of para-hydroxylation sites is 1. The molecule has 1 aliphatic heterocycles. The second-order valence-corrected chi connectivity index (χ2v) is 8.49. The number of nitrogens with one attached hydrogen (secondary N) is 1. The Kier molecular flexibility index (Phi) is 6.13. The Morgan fingerprint density at radius 2 is 1.90 bits per heavy atom. The predicted molar refractivity (Wildman–Crippen MR) is 121 cm³/mol. The Hall–Kier alpha value is -3.07. The number of aromatic nitrogens is 3. The molecule has 1 N–H and O–H groups in total. The number of rotatable bonds is 4. The van der Waals surface area contributed by atoms with Crippen molar-refractivity contribution >= 4 is 44.5 Å². The molecule has 3 aromatic rings. The fraction of sp³-hybridized carbons (Fsp3) is 0.318. The van der Waals surface area contributed by atoms with Crippen LogP contribution < -0.4 is 10.9 Å². The van der Waals surface area contributed by atoms with E-state index < -0.39 is 0 Å². The summed E-state index contributed by atoms with van der Waals surface area (Å²) in [7, 11) is 0. The van der Waals surface area contributed by atoms with Crippen molar-refractivity contribution < 1.29 is 9.59 Å². The van der Waals surface area contributed by atoms with Gasteiger partial charge in [0.25, 0.3) is 5.56 Å². The van der Waals surface area contributed by atoms with E-state index in [4.69, 9.17) is 0 Å². The Bertz CT molecular complexity index is 1180. The summed E-state index contributed by atoms with van der Waals surface area (Å²) in [6.45, 7) is 2.62. The highest BCUT2D eigenvalue weighted by atomic mass is 79.9.